The molecule has 0 unspecified atom stereocenters. The van der Waals surface area contributed by atoms with Gasteiger partial charge in [0.05, 0.1) is 16.6 Å². The van der Waals surface area contributed by atoms with Crippen LogP contribution in [0.3, 0.4) is 0 Å². The summed E-state index contributed by atoms with van der Waals surface area (Å²) in [5, 5.41) is 13.4. The summed E-state index contributed by atoms with van der Waals surface area (Å²) in [6, 6.07) is 11.4. The van der Waals surface area contributed by atoms with Crippen molar-refractivity contribution in [3.05, 3.63) is 64.0 Å². The molecule has 3 rings (SSSR count). The molecule has 30 heavy (non-hydrogen) atoms. The summed E-state index contributed by atoms with van der Waals surface area (Å²) in [5.74, 6) is -1.81. The standard InChI is InChI=1S/C20H22FN5O4/c21-14-12-16(19(22)17(13-14)26(29)30)20(28)23-7-6-18(27)25-10-8-24(9-11-25)15-4-2-1-3-5-15/h1-5,12-13H,6-11,22H2,(H,23,28). The number of nitro benzene ring substituents is 1. The number of carbonyl (C=O) groups excluding carboxylic acids is 2. The number of nitro groups is 1. The molecule has 1 fully saturated rings. The molecule has 3 N–H and O–H groups in total. The van der Waals surface area contributed by atoms with E-state index < -0.39 is 28.0 Å². The van der Waals surface area contributed by atoms with Gasteiger partial charge in [-0.05, 0) is 18.2 Å². The van der Waals surface area contributed by atoms with Crippen molar-refractivity contribution in [2.45, 2.75) is 6.42 Å². The SMILES string of the molecule is Nc1c(C(=O)NCCC(=O)N2CCN(c3ccccc3)CC2)cc(F)cc1[N+](=O)[O-]. The van der Waals surface area contributed by atoms with Crippen LogP contribution in [0, 0.1) is 15.9 Å². The van der Waals surface area contributed by atoms with Crippen LogP contribution in [0.15, 0.2) is 42.5 Å². The molecule has 0 spiro atoms. The summed E-state index contributed by atoms with van der Waals surface area (Å²) in [5.41, 5.74) is 5.31. The zero-order valence-electron chi connectivity index (χ0n) is 16.2. The second-order valence-electron chi connectivity index (χ2n) is 6.85. The lowest BCUT2D eigenvalue weighted by Crippen LogP contribution is -2.49. The second-order valence-corrected chi connectivity index (χ2v) is 6.85. The second kappa shape index (κ2) is 9.21. The highest BCUT2D eigenvalue weighted by Crippen LogP contribution is 2.26. The number of benzene rings is 2. The van der Waals surface area contributed by atoms with Crippen molar-refractivity contribution >= 4 is 28.9 Å². The van der Waals surface area contributed by atoms with Crippen molar-refractivity contribution in [3.63, 3.8) is 0 Å². The zero-order chi connectivity index (χ0) is 21.7. The summed E-state index contributed by atoms with van der Waals surface area (Å²) in [6.45, 7) is 2.59. The number of nitrogens with one attached hydrogen (secondary N) is 1. The van der Waals surface area contributed by atoms with Crippen molar-refractivity contribution in [2.24, 2.45) is 0 Å². The third-order valence-electron chi connectivity index (χ3n) is 4.94. The molecule has 0 radical (unpaired) electrons. The first-order valence-electron chi connectivity index (χ1n) is 9.46. The van der Waals surface area contributed by atoms with E-state index in [-0.39, 0.29) is 24.4 Å². The smallest absolute Gasteiger partial charge is 0.295 e. The quantitative estimate of drug-likeness (QED) is 0.421. The third-order valence-corrected chi connectivity index (χ3v) is 4.94. The summed E-state index contributed by atoms with van der Waals surface area (Å²) in [6.07, 6.45) is 0.0639. The van der Waals surface area contributed by atoms with Gasteiger partial charge in [-0.3, -0.25) is 19.7 Å². The normalized spacial score (nSPS) is 13.8. The van der Waals surface area contributed by atoms with Crippen LogP contribution in [-0.2, 0) is 4.79 Å². The van der Waals surface area contributed by atoms with Crippen LogP contribution in [0.2, 0.25) is 0 Å². The fourth-order valence-corrected chi connectivity index (χ4v) is 3.33. The monoisotopic (exact) mass is 415 g/mol. The molecule has 0 aromatic heterocycles. The molecule has 1 aliphatic rings. The number of anilines is 2. The molecule has 1 heterocycles. The highest BCUT2D eigenvalue weighted by atomic mass is 19.1. The Morgan fingerprint density at radius 2 is 1.80 bits per heavy atom. The van der Waals surface area contributed by atoms with Gasteiger partial charge in [0.25, 0.3) is 11.6 Å². The highest BCUT2D eigenvalue weighted by Gasteiger charge is 2.23. The number of amides is 2. The molecule has 1 saturated heterocycles. The highest BCUT2D eigenvalue weighted by molar-refractivity contribution is 6.01. The van der Waals surface area contributed by atoms with E-state index in [4.69, 9.17) is 5.73 Å². The maximum atomic E-state index is 13.6. The van der Waals surface area contributed by atoms with Gasteiger partial charge in [-0.1, -0.05) is 18.2 Å². The molecule has 1 aliphatic heterocycles. The molecule has 2 aromatic carbocycles. The average molecular weight is 415 g/mol. The molecular weight excluding hydrogens is 393 g/mol. The number of piperazine rings is 1. The van der Waals surface area contributed by atoms with Crippen LogP contribution in [0.4, 0.5) is 21.5 Å². The van der Waals surface area contributed by atoms with E-state index in [2.05, 4.69) is 10.2 Å². The Morgan fingerprint density at radius 3 is 2.43 bits per heavy atom. The van der Waals surface area contributed by atoms with Crippen molar-refractivity contribution < 1.29 is 18.9 Å². The number of nitrogens with zero attached hydrogens (tertiary/aromatic N) is 3. The van der Waals surface area contributed by atoms with Crippen molar-refractivity contribution in [1.82, 2.24) is 10.2 Å². The van der Waals surface area contributed by atoms with E-state index >= 15 is 0 Å². The summed E-state index contributed by atoms with van der Waals surface area (Å²) < 4.78 is 13.6. The number of hydrogen-bond acceptors (Lipinski definition) is 6. The molecule has 0 aliphatic carbocycles. The van der Waals surface area contributed by atoms with Gasteiger partial charge in [0.15, 0.2) is 0 Å². The minimum absolute atomic E-state index is 0.0142. The van der Waals surface area contributed by atoms with Crippen molar-refractivity contribution in [1.29, 1.82) is 0 Å². The number of carbonyl (C=O) groups is 2. The Bertz CT molecular complexity index is 946. The molecule has 10 heteroatoms. The lowest BCUT2D eigenvalue weighted by atomic mass is 10.1. The summed E-state index contributed by atoms with van der Waals surface area (Å²) in [7, 11) is 0. The van der Waals surface area contributed by atoms with Crippen LogP contribution < -0.4 is 16.0 Å². The molecular formula is C20H22FN5O4. The first kappa shape index (κ1) is 21.0. The predicted molar refractivity (Wildman–Crippen MR) is 110 cm³/mol. The topological polar surface area (TPSA) is 122 Å². The van der Waals surface area contributed by atoms with Gasteiger partial charge in [0.1, 0.15) is 11.5 Å². The third kappa shape index (κ3) is 4.83. The number of para-hydroxylation sites is 1. The van der Waals surface area contributed by atoms with E-state index in [0.717, 1.165) is 11.8 Å². The van der Waals surface area contributed by atoms with E-state index in [1.807, 2.05) is 30.3 Å². The number of hydrogen-bond donors (Lipinski definition) is 2. The maximum Gasteiger partial charge on any atom is 0.295 e. The molecule has 9 nitrogen and oxygen atoms in total. The van der Waals surface area contributed by atoms with E-state index in [9.17, 15) is 24.1 Å². The molecule has 2 aromatic rings. The molecule has 0 atom stereocenters. The van der Waals surface area contributed by atoms with Gasteiger partial charge in [-0.25, -0.2) is 4.39 Å². The largest absolute Gasteiger partial charge is 0.393 e. The Balaban J connectivity index is 1.49. The minimum Gasteiger partial charge on any atom is -0.393 e. The number of rotatable bonds is 6. The lowest BCUT2D eigenvalue weighted by Gasteiger charge is -2.36. The lowest BCUT2D eigenvalue weighted by molar-refractivity contribution is -0.384. The average Bonchev–Trinajstić information content (AvgIpc) is 2.75. The minimum atomic E-state index is -0.937. The number of halogens is 1. The molecule has 2 amide bonds. The number of nitrogen functional groups attached to an aromatic ring is 1. The number of nitrogens with two attached hydrogens (primary N) is 1. The molecule has 0 bridgehead atoms. The summed E-state index contributed by atoms with van der Waals surface area (Å²) in [4.78, 5) is 38.6. The van der Waals surface area contributed by atoms with E-state index in [0.29, 0.717) is 32.2 Å². The maximum absolute atomic E-state index is 13.6. The van der Waals surface area contributed by atoms with Crippen molar-refractivity contribution in [3.8, 4) is 0 Å². The van der Waals surface area contributed by atoms with Crippen LogP contribution in [0.5, 0.6) is 0 Å². The van der Waals surface area contributed by atoms with Gasteiger partial charge < -0.3 is 20.9 Å². The Labute approximate surface area is 172 Å². The van der Waals surface area contributed by atoms with Crippen LogP contribution in [0.1, 0.15) is 16.8 Å². The van der Waals surface area contributed by atoms with E-state index in [1.54, 1.807) is 4.90 Å². The fraction of sp³-hybridized carbons (Fsp3) is 0.300. The Kier molecular flexibility index (Phi) is 6.45. The fourth-order valence-electron chi connectivity index (χ4n) is 3.33. The first-order chi connectivity index (χ1) is 14.4. The first-order valence-corrected chi connectivity index (χ1v) is 9.46. The molecule has 0 saturated carbocycles. The van der Waals surface area contributed by atoms with Crippen LogP contribution >= 0.6 is 0 Å². The van der Waals surface area contributed by atoms with Gasteiger partial charge in [-0.2, -0.15) is 0 Å². The zero-order valence-corrected chi connectivity index (χ0v) is 16.2. The summed E-state index contributed by atoms with van der Waals surface area (Å²) >= 11 is 0. The molecule has 158 valence electrons. The van der Waals surface area contributed by atoms with Gasteiger partial charge in [0, 0.05) is 44.8 Å². The van der Waals surface area contributed by atoms with Gasteiger partial charge in [0.2, 0.25) is 5.91 Å². The van der Waals surface area contributed by atoms with E-state index in [1.165, 1.54) is 0 Å². The van der Waals surface area contributed by atoms with Crippen LogP contribution in [-0.4, -0.2) is 54.4 Å². The van der Waals surface area contributed by atoms with Gasteiger partial charge >= 0.3 is 0 Å². The Morgan fingerprint density at radius 1 is 1.13 bits per heavy atom. The Hall–Kier alpha value is -3.69. The van der Waals surface area contributed by atoms with Crippen LogP contribution in [0.25, 0.3) is 0 Å². The van der Waals surface area contributed by atoms with Crippen molar-refractivity contribution in [2.75, 3.05) is 43.4 Å². The van der Waals surface area contributed by atoms with Gasteiger partial charge in [-0.15, -0.1) is 0 Å². The predicted octanol–water partition coefficient (Wildman–Crippen LogP) is 1.78.